The van der Waals surface area contributed by atoms with Gasteiger partial charge in [-0.25, -0.2) is 0 Å². The Kier molecular flexibility index (Phi) is 8.85. The van der Waals surface area contributed by atoms with Crippen molar-refractivity contribution in [2.75, 3.05) is 25.5 Å². The Bertz CT molecular complexity index is 762. The largest absolute Gasteiger partial charge is 0.492 e. The summed E-state index contributed by atoms with van der Waals surface area (Å²) in [6, 6.07) is 18.1. The molecule has 1 atom stereocenters. The number of hydrogen-bond donors (Lipinski definition) is 3. The van der Waals surface area contributed by atoms with Crippen molar-refractivity contribution in [1.29, 1.82) is 0 Å². The lowest BCUT2D eigenvalue weighted by Gasteiger charge is -2.18. The third-order valence-electron chi connectivity index (χ3n) is 4.13. The topological polar surface area (TPSA) is 74.8 Å². The van der Waals surface area contributed by atoms with Crippen LogP contribution in [0.5, 0.6) is 5.75 Å². The maximum absolute atomic E-state index is 11.1. The fourth-order valence-electron chi connectivity index (χ4n) is 2.73. The van der Waals surface area contributed by atoms with Gasteiger partial charge in [-0.05, 0) is 37.5 Å². The fourth-order valence-corrected chi connectivity index (χ4v) is 2.73. The number of guanidine groups is 1. The quantitative estimate of drug-likeness (QED) is 0.354. The van der Waals surface area contributed by atoms with Crippen LogP contribution in [0.3, 0.4) is 0 Å². The predicted molar refractivity (Wildman–Crippen MR) is 115 cm³/mol. The number of aryl methyl sites for hydroxylation is 1. The van der Waals surface area contributed by atoms with Crippen molar-refractivity contribution in [3.05, 3.63) is 60.2 Å². The van der Waals surface area contributed by atoms with E-state index in [0.717, 1.165) is 24.5 Å². The number of anilines is 1. The van der Waals surface area contributed by atoms with Gasteiger partial charge in [0.2, 0.25) is 5.91 Å². The smallest absolute Gasteiger partial charge is 0.221 e. The normalized spacial score (nSPS) is 12.2. The average Bonchev–Trinajstić information content (AvgIpc) is 2.69. The van der Waals surface area contributed by atoms with Crippen molar-refractivity contribution in [3.8, 4) is 5.75 Å². The highest BCUT2D eigenvalue weighted by atomic mass is 16.5. The molecule has 3 N–H and O–H groups in total. The first kappa shape index (κ1) is 21.3. The fraction of sp³-hybridized carbons (Fsp3) is 0.364. The third-order valence-corrected chi connectivity index (χ3v) is 4.13. The molecule has 2 aromatic rings. The summed E-state index contributed by atoms with van der Waals surface area (Å²) < 4.78 is 5.74. The first-order valence-electron chi connectivity index (χ1n) is 9.58. The first-order valence-corrected chi connectivity index (χ1v) is 9.58. The lowest BCUT2D eigenvalue weighted by Crippen LogP contribution is -2.43. The van der Waals surface area contributed by atoms with E-state index in [9.17, 15) is 4.79 Å². The minimum atomic E-state index is -0.102. The summed E-state index contributed by atoms with van der Waals surface area (Å²) in [4.78, 5) is 15.4. The van der Waals surface area contributed by atoms with E-state index in [-0.39, 0.29) is 5.91 Å². The van der Waals surface area contributed by atoms with Gasteiger partial charge in [-0.1, -0.05) is 36.4 Å². The zero-order valence-electron chi connectivity index (χ0n) is 16.9. The highest BCUT2D eigenvalue weighted by Gasteiger charge is 2.06. The van der Waals surface area contributed by atoms with Gasteiger partial charge in [0, 0.05) is 31.8 Å². The Morgan fingerprint density at radius 1 is 1.14 bits per heavy atom. The van der Waals surface area contributed by atoms with Crippen LogP contribution in [0.4, 0.5) is 5.69 Å². The number of benzene rings is 2. The molecule has 0 aliphatic heterocycles. The minimum absolute atomic E-state index is 0.102. The minimum Gasteiger partial charge on any atom is -0.492 e. The molecule has 1 amide bonds. The van der Waals surface area contributed by atoms with Crippen molar-refractivity contribution in [3.63, 3.8) is 0 Å². The number of rotatable bonds is 9. The number of carbonyl (C=O) groups excluding carboxylic acids is 1. The third kappa shape index (κ3) is 8.12. The van der Waals surface area contributed by atoms with E-state index < -0.39 is 0 Å². The summed E-state index contributed by atoms with van der Waals surface area (Å²) in [6.07, 6.45) is 2.05. The number of nitrogens with one attached hydrogen (secondary N) is 3. The number of ether oxygens (including phenoxy) is 1. The Morgan fingerprint density at radius 2 is 1.93 bits per heavy atom. The second kappa shape index (κ2) is 11.6. The molecule has 6 heteroatoms. The summed E-state index contributed by atoms with van der Waals surface area (Å²) in [5.41, 5.74) is 2.07. The van der Waals surface area contributed by atoms with Crippen molar-refractivity contribution >= 4 is 17.6 Å². The van der Waals surface area contributed by atoms with Crippen LogP contribution in [0.2, 0.25) is 0 Å². The second-order valence-electron chi connectivity index (χ2n) is 6.63. The standard InChI is InChI=1S/C22H30N4O2/c1-17(12-13-19-8-5-4-6-9-19)25-22(23-3)24-14-15-28-21-11-7-10-20(16-21)26-18(2)27/h4-11,16-17H,12-15H2,1-3H3,(H,26,27)(H2,23,24,25). The molecule has 0 aliphatic carbocycles. The van der Waals surface area contributed by atoms with Gasteiger partial charge >= 0.3 is 0 Å². The Labute approximate surface area is 167 Å². The Morgan fingerprint density at radius 3 is 2.64 bits per heavy atom. The van der Waals surface area contributed by atoms with E-state index in [4.69, 9.17) is 4.74 Å². The molecule has 150 valence electrons. The van der Waals surface area contributed by atoms with E-state index in [0.29, 0.717) is 24.9 Å². The summed E-state index contributed by atoms with van der Waals surface area (Å²) in [5, 5.41) is 9.41. The van der Waals surface area contributed by atoms with E-state index >= 15 is 0 Å². The SMILES string of the molecule is CN=C(NCCOc1cccc(NC(C)=O)c1)NC(C)CCc1ccccc1. The van der Waals surface area contributed by atoms with Crippen LogP contribution in [-0.4, -0.2) is 38.1 Å². The van der Waals surface area contributed by atoms with Gasteiger partial charge in [-0.15, -0.1) is 0 Å². The van der Waals surface area contributed by atoms with Crippen LogP contribution < -0.4 is 20.7 Å². The van der Waals surface area contributed by atoms with Crippen LogP contribution in [0, 0.1) is 0 Å². The number of hydrogen-bond acceptors (Lipinski definition) is 3. The number of aliphatic imine (C=N–C) groups is 1. The lowest BCUT2D eigenvalue weighted by atomic mass is 10.1. The molecule has 0 aliphatic rings. The molecule has 0 bridgehead atoms. The van der Waals surface area contributed by atoms with Crippen LogP contribution in [0.25, 0.3) is 0 Å². The number of nitrogens with zero attached hydrogens (tertiary/aromatic N) is 1. The zero-order valence-corrected chi connectivity index (χ0v) is 16.9. The van der Waals surface area contributed by atoms with Gasteiger partial charge in [-0.3, -0.25) is 9.79 Å². The maximum atomic E-state index is 11.1. The molecule has 6 nitrogen and oxygen atoms in total. The predicted octanol–water partition coefficient (Wildman–Crippen LogP) is 3.21. The summed E-state index contributed by atoms with van der Waals surface area (Å²) in [5.74, 6) is 1.37. The van der Waals surface area contributed by atoms with Crippen molar-refractivity contribution < 1.29 is 9.53 Å². The molecule has 0 aromatic heterocycles. The number of carbonyl (C=O) groups is 1. The van der Waals surface area contributed by atoms with E-state index in [1.165, 1.54) is 12.5 Å². The van der Waals surface area contributed by atoms with Crippen LogP contribution >= 0.6 is 0 Å². The molecule has 0 fully saturated rings. The summed E-state index contributed by atoms with van der Waals surface area (Å²) >= 11 is 0. The second-order valence-corrected chi connectivity index (χ2v) is 6.63. The molecule has 0 spiro atoms. The Balaban J connectivity index is 1.68. The maximum Gasteiger partial charge on any atom is 0.221 e. The number of amides is 1. The zero-order chi connectivity index (χ0) is 20.2. The van der Waals surface area contributed by atoms with E-state index in [1.54, 1.807) is 13.1 Å². The molecule has 1 unspecified atom stereocenters. The molecule has 2 aromatic carbocycles. The van der Waals surface area contributed by atoms with Crippen LogP contribution in [0.15, 0.2) is 59.6 Å². The molecular formula is C22H30N4O2. The van der Waals surface area contributed by atoms with Crippen molar-refractivity contribution in [2.24, 2.45) is 4.99 Å². The molecule has 2 rings (SSSR count). The Hall–Kier alpha value is -3.02. The van der Waals surface area contributed by atoms with Gasteiger partial charge in [0.1, 0.15) is 12.4 Å². The molecule has 0 heterocycles. The summed E-state index contributed by atoms with van der Waals surface area (Å²) in [6.45, 7) is 4.74. The van der Waals surface area contributed by atoms with Crippen LogP contribution in [-0.2, 0) is 11.2 Å². The van der Waals surface area contributed by atoms with Crippen molar-refractivity contribution in [1.82, 2.24) is 10.6 Å². The van der Waals surface area contributed by atoms with Gasteiger partial charge in [-0.2, -0.15) is 0 Å². The monoisotopic (exact) mass is 382 g/mol. The van der Waals surface area contributed by atoms with Crippen molar-refractivity contribution in [2.45, 2.75) is 32.7 Å². The summed E-state index contributed by atoms with van der Waals surface area (Å²) in [7, 11) is 1.76. The average molecular weight is 383 g/mol. The van der Waals surface area contributed by atoms with Gasteiger partial charge in [0.15, 0.2) is 5.96 Å². The molecule has 0 saturated carbocycles. The van der Waals surface area contributed by atoms with Gasteiger partial charge in [0.25, 0.3) is 0 Å². The first-order chi connectivity index (χ1) is 13.6. The molecule has 0 saturated heterocycles. The van der Waals surface area contributed by atoms with Crippen LogP contribution in [0.1, 0.15) is 25.8 Å². The highest BCUT2D eigenvalue weighted by molar-refractivity contribution is 5.88. The van der Waals surface area contributed by atoms with Gasteiger partial charge in [0.05, 0.1) is 6.54 Å². The highest BCUT2D eigenvalue weighted by Crippen LogP contribution is 2.17. The van der Waals surface area contributed by atoms with E-state index in [1.807, 2.05) is 24.3 Å². The molecular weight excluding hydrogens is 352 g/mol. The lowest BCUT2D eigenvalue weighted by molar-refractivity contribution is -0.114. The molecule has 28 heavy (non-hydrogen) atoms. The van der Waals surface area contributed by atoms with Gasteiger partial charge < -0.3 is 20.7 Å². The van der Waals surface area contributed by atoms with E-state index in [2.05, 4.69) is 52.1 Å². The molecule has 0 radical (unpaired) electrons.